The minimum absolute atomic E-state index is 0.0314. The smallest absolute Gasteiger partial charge is 0.314 e. The van der Waals surface area contributed by atoms with Gasteiger partial charge in [0.2, 0.25) is 5.91 Å². The maximum atomic E-state index is 12.8. The van der Waals surface area contributed by atoms with Crippen LogP contribution in [0.25, 0.3) is 0 Å². The van der Waals surface area contributed by atoms with Crippen molar-refractivity contribution in [1.29, 1.82) is 0 Å². The molecule has 3 rings (SSSR count). The van der Waals surface area contributed by atoms with E-state index in [4.69, 9.17) is 4.74 Å². The molecule has 1 amide bonds. The summed E-state index contributed by atoms with van der Waals surface area (Å²) in [5, 5.41) is 9.90. The minimum atomic E-state index is -0.910. The van der Waals surface area contributed by atoms with Gasteiger partial charge in [-0.15, -0.1) is 0 Å². The van der Waals surface area contributed by atoms with Crippen molar-refractivity contribution in [3.05, 3.63) is 65.7 Å². The van der Waals surface area contributed by atoms with Crippen LogP contribution in [0, 0.1) is 0 Å². The number of carbonyl (C=O) groups excluding carboxylic acids is 1. The summed E-state index contributed by atoms with van der Waals surface area (Å²) in [6, 6.07) is 17.1. The molecule has 0 aliphatic carbocycles. The van der Waals surface area contributed by atoms with Crippen molar-refractivity contribution in [2.75, 3.05) is 20.2 Å². The number of piperidine rings is 1. The van der Waals surface area contributed by atoms with Gasteiger partial charge >= 0.3 is 5.97 Å². The Morgan fingerprint density at radius 3 is 2.29 bits per heavy atom. The second-order valence-corrected chi connectivity index (χ2v) is 7.48. The third kappa shape index (κ3) is 3.88. The summed E-state index contributed by atoms with van der Waals surface area (Å²) in [4.78, 5) is 26.7. The van der Waals surface area contributed by atoms with Gasteiger partial charge in [-0.2, -0.15) is 0 Å². The van der Waals surface area contributed by atoms with Crippen molar-refractivity contribution in [2.45, 2.75) is 37.5 Å². The molecular weight excluding hydrogens is 354 g/mol. The number of carboxylic acid groups (broad SMARTS) is 1. The van der Waals surface area contributed by atoms with Crippen LogP contribution in [-0.4, -0.2) is 42.1 Å². The van der Waals surface area contributed by atoms with Crippen LogP contribution in [0.2, 0.25) is 0 Å². The molecule has 0 spiro atoms. The summed E-state index contributed by atoms with van der Waals surface area (Å²) < 4.78 is 5.41. The number of nitrogens with zero attached hydrogens (tertiary/aromatic N) is 1. The van der Waals surface area contributed by atoms with Crippen LogP contribution in [0.3, 0.4) is 0 Å². The molecule has 1 saturated heterocycles. The average molecular weight is 381 g/mol. The van der Waals surface area contributed by atoms with E-state index >= 15 is 0 Å². The fraction of sp³-hybridized carbons (Fsp3) is 0.391. The van der Waals surface area contributed by atoms with Gasteiger partial charge in [-0.1, -0.05) is 55.5 Å². The Balaban J connectivity index is 1.67. The number of para-hydroxylation sites is 1. The van der Waals surface area contributed by atoms with E-state index in [0.717, 1.165) is 16.9 Å². The van der Waals surface area contributed by atoms with Gasteiger partial charge in [-0.3, -0.25) is 9.59 Å². The van der Waals surface area contributed by atoms with E-state index in [0.29, 0.717) is 32.4 Å². The second kappa shape index (κ2) is 8.46. The SMILES string of the molecule is COc1ccccc1[C@@H](C)CC(=O)N1CCC(C(=O)O)(c2ccccc2)CC1. The first-order chi connectivity index (χ1) is 13.5. The Bertz CT molecular complexity index is 826. The molecule has 0 saturated carbocycles. The predicted molar refractivity (Wildman–Crippen MR) is 108 cm³/mol. The van der Waals surface area contributed by atoms with E-state index in [2.05, 4.69) is 0 Å². The van der Waals surface area contributed by atoms with E-state index in [9.17, 15) is 14.7 Å². The summed E-state index contributed by atoms with van der Waals surface area (Å²) in [5.74, 6) is 0.0676. The van der Waals surface area contributed by atoms with E-state index in [-0.39, 0.29) is 11.8 Å². The number of carboxylic acids is 1. The highest BCUT2D eigenvalue weighted by Gasteiger charge is 2.43. The van der Waals surface area contributed by atoms with Crippen molar-refractivity contribution in [1.82, 2.24) is 4.90 Å². The van der Waals surface area contributed by atoms with Gasteiger partial charge in [-0.05, 0) is 36.0 Å². The largest absolute Gasteiger partial charge is 0.496 e. The minimum Gasteiger partial charge on any atom is -0.496 e. The molecule has 1 aliphatic heterocycles. The summed E-state index contributed by atoms with van der Waals surface area (Å²) in [6.45, 7) is 2.93. The molecule has 0 radical (unpaired) electrons. The zero-order valence-electron chi connectivity index (χ0n) is 16.4. The topological polar surface area (TPSA) is 66.8 Å². The van der Waals surface area contributed by atoms with Crippen molar-refractivity contribution in [2.24, 2.45) is 0 Å². The number of benzene rings is 2. The Hall–Kier alpha value is -2.82. The average Bonchev–Trinajstić information content (AvgIpc) is 2.74. The predicted octanol–water partition coefficient (Wildman–Crippen LogP) is 3.83. The fourth-order valence-corrected chi connectivity index (χ4v) is 4.10. The quantitative estimate of drug-likeness (QED) is 0.826. The van der Waals surface area contributed by atoms with E-state index < -0.39 is 11.4 Å². The first kappa shape index (κ1) is 19.9. The highest BCUT2D eigenvalue weighted by atomic mass is 16.5. The molecule has 1 fully saturated rings. The zero-order chi connectivity index (χ0) is 20.1. The van der Waals surface area contributed by atoms with E-state index in [1.165, 1.54) is 0 Å². The van der Waals surface area contributed by atoms with E-state index in [1.54, 1.807) is 12.0 Å². The van der Waals surface area contributed by atoms with Gasteiger partial charge in [-0.25, -0.2) is 0 Å². The van der Waals surface area contributed by atoms with Crippen molar-refractivity contribution < 1.29 is 19.4 Å². The molecule has 148 valence electrons. The molecule has 1 atom stereocenters. The van der Waals surface area contributed by atoms with Crippen molar-refractivity contribution in [3.8, 4) is 5.75 Å². The van der Waals surface area contributed by atoms with Crippen LogP contribution in [0.4, 0.5) is 0 Å². The van der Waals surface area contributed by atoms with Gasteiger partial charge in [0.1, 0.15) is 5.75 Å². The highest BCUT2D eigenvalue weighted by molar-refractivity contribution is 5.83. The molecular formula is C23H27NO4. The number of ether oxygens (including phenoxy) is 1. The molecule has 5 heteroatoms. The lowest BCUT2D eigenvalue weighted by Gasteiger charge is -2.39. The molecule has 5 nitrogen and oxygen atoms in total. The highest BCUT2D eigenvalue weighted by Crippen LogP contribution is 2.37. The maximum Gasteiger partial charge on any atom is 0.314 e. The monoisotopic (exact) mass is 381 g/mol. The van der Waals surface area contributed by atoms with Crippen LogP contribution in [0.15, 0.2) is 54.6 Å². The number of hydrogen-bond acceptors (Lipinski definition) is 3. The summed E-state index contributed by atoms with van der Waals surface area (Å²) in [5.41, 5.74) is 0.920. The Morgan fingerprint density at radius 2 is 1.68 bits per heavy atom. The molecule has 0 unspecified atom stereocenters. The lowest BCUT2D eigenvalue weighted by Crippen LogP contribution is -2.49. The lowest BCUT2D eigenvalue weighted by molar-refractivity contribution is -0.148. The normalized spacial score (nSPS) is 17.0. The molecule has 0 bridgehead atoms. The van der Waals surface area contributed by atoms with Gasteiger partial charge in [0.15, 0.2) is 0 Å². The summed E-state index contributed by atoms with van der Waals surface area (Å²) in [6.07, 6.45) is 1.24. The molecule has 2 aromatic rings. The maximum absolute atomic E-state index is 12.8. The molecule has 1 heterocycles. The van der Waals surface area contributed by atoms with E-state index in [1.807, 2.05) is 61.5 Å². The number of likely N-dealkylation sites (tertiary alicyclic amines) is 1. The van der Waals surface area contributed by atoms with Crippen LogP contribution in [-0.2, 0) is 15.0 Å². The number of methoxy groups -OCH3 is 1. The van der Waals surface area contributed by atoms with Crippen LogP contribution in [0.1, 0.15) is 43.2 Å². The third-order valence-corrected chi connectivity index (χ3v) is 5.86. The Labute approximate surface area is 165 Å². The van der Waals surface area contributed by atoms with Crippen LogP contribution >= 0.6 is 0 Å². The summed E-state index contributed by atoms with van der Waals surface area (Å²) >= 11 is 0. The first-order valence-corrected chi connectivity index (χ1v) is 9.67. The lowest BCUT2D eigenvalue weighted by atomic mass is 9.72. The Morgan fingerprint density at radius 1 is 1.07 bits per heavy atom. The first-order valence-electron chi connectivity index (χ1n) is 9.67. The van der Waals surface area contributed by atoms with Crippen LogP contribution < -0.4 is 4.74 Å². The molecule has 28 heavy (non-hydrogen) atoms. The van der Waals surface area contributed by atoms with Crippen LogP contribution in [0.5, 0.6) is 5.75 Å². The molecule has 1 N–H and O–H groups in total. The van der Waals surface area contributed by atoms with Crippen molar-refractivity contribution >= 4 is 11.9 Å². The number of amides is 1. The van der Waals surface area contributed by atoms with Gasteiger partial charge < -0.3 is 14.7 Å². The fourth-order valence-electron chi connectivity index (χ4n) is 4.10. The summed E-state index contributed by atoms with van der Waals surface area (Å²) in [7, 11) is 1.63. The number of hydrogen-bond donors (Lipinski definition) is 1. The third-order valence-electron chi connectivity index (χ3n) is 5.86. The molecule has 0 aromatic heterocycles. The molecule has 1 aliphatic rings. The number of rotatable bonds is 6. The second-order valence-electron chi connectivity index (χ2n) is 7.48. The van der Waals surface area contributed by atoms with Gasteiger partial charge in [0.05, 0.1) is 12.5 Å². The zero-order valence-corrected chi connectivity index (χ0v) is 16.4. The number of aliphatic carboxylic acids is 1. The Kier molecular flexibility index (Phi) is 6.02. The van der Waals surface area contributed by atoms with Gasteiger partial charge in [0, 0.05) is 19.5 Å². The molecule has 2 aromatic carbocycles. The van der Waals surface area contributed by atoms with Crippen molar-refractivity contribution in [3.63, 3.8) is 0 Å². The van der Waals surface area contributed by atoms with Gasteiger partial charge in [0.25, 0.3) is 0 Å². The number of carbonyl (C=O) groups is 2. The standard InChI is InChI=1S/C23H27NO4/c1-17(19-10-6-7-11-20(19)28-2)16-21(25)24-14-12-23(13-15-24,22(26)27)18-8-4-3-5-9-18/h3-11,17H,12-16H2,1-2H3,(H,26,27)/t17-/m0/s1.